The van der Waals surface area contributed by atoms with Gasteiger partial charge in [0.1, 0.15) is 0 Å². The van der Waals surface area contributed by atoms with Gasteiger partial charge in [0.05, 0.1) is 12.2 Å². The number of carbonyl (C=O) groups is 1. The predicted molar refractivity (Wildman–Crippen MR) is 119 cm³/mol. The summed E-state index contributed by atoms with van der Waals surface area (Å²) in [6.45, 7) is 4.98. The maximum Gasteiger partial charge on any atom is 0.338 e. The van der Waals surface area contributed by atoms with E-state index in [1.807, 2.05) is 12.1 Å². The molecule has 1 aliphatic carbocycles. The van der Waals surface area contributed by atoms with Crippen LogP contribution in [0.25, 0.3) is 0 Å². The summed E-state index contributed by atoms with van der Waals surface area (Å²) < 4.78 is 5.36. The van der Waals surface area contributed by atoms with E-state index in [0.717, 1.165) is 25.2 Å². The number of benzene rings is 1. The minimum absolute atomic E-state index is 0.176. The average molecular weight is 387 g/mol. The molecule has 1 saturated carbocycles. The third-order valence-corrected chi connectivity index (χ3v) is 6.41. The largest absolute Gasteiger partial charge is 0.462 e. The molecule has 2 nitrogen and oxygen atoms in total. The molecule has 0 heterocycles. The fourth-order valence-electron chi connectivity index (χ4n) is 4.49. The number of rotatable bonds is 13. The van der Waals surface area contributed by atoms with Crippen LogP contribution in [0.4, 0.5) is 0 Å². The van der Waals surface area contributed by atoms with Crippen molar-refractivity contribution in [3.05, 3.63) is 35.4 Å². The van der Waals surface area contributed by atoms with Gasteiger partial charge in [-0.15, -0.1) is 0 Å². The van der Waals surface area contributed by atoms with Crippen LogP contribution in [0.15, 0.2) is 24.3 Å². The quantitative estimate of drug-likeness (QED) is 0.253. The summed E-state index contributed by atoms with van der Waals surface area (Å²) in [6.07, 6.45) is 18.5. The van der Waals surface area contributed by atoms with Crippen molar-refractivity contribution in [3.8, 4) is 0 Å². The SMILES string of the molecule is CCCCCCCC[C@H]1CC[C@H](c2ccc(C(=O)OCCCCC)cc2)CC1. The van der Waals surface area contributed by atoms with Crippen LogP contribution in [0.5, 0.6) is 0 Å². The summed E-state index contributed by atoms with van der Waals surface area (Å²) in [6, 6.07) is 8.22. The molecule has 0 unspecified atom stereocenters. The fraction of sp³-hybridized carbons (Fsp3) is 0.731. The normalized spacial score (nSPS) is 19.5. The summed E-state index contributed by atoms with van der Waals surface area (Å²) in [5.74, 6) is 1.44. The predicted octanol–water partition coefficient (Wildman–Crippen LogP) is 8.06. The van der Waals surface area contributed by atoms with E-state index >= 15 is 0 Å². The van der Waals surface area contributed by atoms with E-state index < -0.39 is 0 Å². The maximum absolute atomic E-state index is 12.1. The second-order valence-corrected chi connectivity index (χ2v) is 8.74. The third kappa shape index (κ3) is 8.37. The second-order valence-electron chi connectivity index (χ2n) is 8.74. The minimum atomic E-state index is -0.176. The summed E-state index contributed by atoms with van der Waals surface area (Å²) in [5.41, 5.74) is 2.09. The van der Waals surface area contributed by atoms with Gasteiger partial charge in [-0.3, -0.25) is 0 Å². The molecule has 1 aromatic carbocycles. The van der Waals surface area contributed by atoms with Gasteiger partial charge in [0, 0.05) is 0 Å². The molecule has 0 saturated heterocycles. The van der Waals surface area contributed by atoms with Crippen molar-refractivity contribution in [2.45, 2.75) is 110 Å². The molecule has 1 fully saturated rings. The van der Waals surface area contributed by atoms with Crippen molar-refractivity contribution in [3.63, 3.8) is 0 Å². The molecule has 2 heteroatoms. The van der Waals surface area contributed by atoms with Crippen LogP contribution in [0, 0.1) is 5.92 Å². The molecule has 0 radical (unpaired) electrons. The van der Waals surface area contributed by atoms with Crippen molar-refractivity contribution in [1.82, 2.24) is 0 Å². The number of carbonyl (C=O) groups excluding carboxylic acids is 1. The first-order chi connectivity index (χ1) is 13.7. The van der Waals surface area contributed by atoms with E-state index in [2.05, 4.69) is 26.0 Å². The molecule has 0 N–H and O–H groups in total. The number of unbranched alkanes of at least 4 members (excludes halogenated alkanes) is 7. The molecular weight excluding hydrogens is 344 g/mol. The molecular formula is C26H42O2. The molecule has 0 bridgehead atoms. The van der Waals surface area contributed by atoms with Crippen molar-refractivity contribution in [1.29, 1.82) is 0 Å². The van der Waals surface area contributed by atoms with E-state index in [-0.39, 0.29) is 5.97 Å². The molecule has 1 aromatic rings. The van der Waals surface area contributed by atoms with Crippen LogP contribution >= 0.6 is 0 Å². The van der Waals surface area contributed by atoms with Crippen LogP contribution in [0.1, 0.15) is 126 Å². The lowest BCUT2D eigenvalue weighted by Crippen LogP contribution is -2.13. The fourth-order valence-corrected chi connectivity index (χ4v) is 4.49. The average Bonchev–Trinajstić information content (AvgIpc) is 2.74. The lowest BCUT2D eigenvalue weighted by atomic mass is 9.77. The zero-order valence-electron chi connectivity index (χ0n) is 18.4. The molecule has 0 spiro atoms. The second kappa shape index (κ2) is 13.8. The van der Waals surface area contributed by atoms with Gasteiger partial charge in [0.25, 0.3) is 0 Å². The van der Waals surface area contributed by atoms with Gasteiger partial charge in [0.2, 0.25) is 0 Å². The minimum Gasteiger partial charge on any atom is -0.462 e. The summed E-state index contributed by atoms with van der Waals surface area (Å²) in [5, 5.41) is 0. The first-order valence-electron chi connectivity index (χ1n) is 12.0. The van der Waals surface area contributed by atoms with Crippen LogP contribution in [-0.4, -0.2) is 12.6 Å². The van der Waals surface area contributed by atoms with Gasteiger partial charge >= 0.3 is 5.97 Å². The topological polar surface area (TPSA) is 26.3 Å². The van der Waals surface area contributed by atoms with Crippen LogP contribution < -0.4 is 0 Å². The van der Waals surface area contributed by atoms with Gasteiger partial charge in [-0.1, -0.05) is 83.8 Å². The van der Waals surface area contributed by atoms with E-state index in [1.54, 1.807) is 0 Å². The Bertz CT molecular complexity index is 526. The summed E-state index contributed by atoms with van der Waals surface area (Å²) >= 11 is 0. The van der Waals surface area contributed by atoms with Crippen LogP contribution in [-0.2, 0) is 4.74 Å². The van der Waals surface area contributed by atoms with Gasteiger partial charge < -0.3 is 4.74 Å². The monoisotopic (exact) mass is 386 g/mol. The highest BCUT2D eigenvalue weighted by Gasteiger charge is 2.22. The number of esters is 1. The molecule has 1 aliphatic rings. The Labute approximate surface area is 173 Å². The first-order valence-corrected chi connectivity index (χ1v) is 12.0. The van der Waals surface area contributed by atoms with Crippen LogP contribution in [0.2, 0.25) is 0 Å². The Morgan fingerprint density at radius 2 is 1.43 bits per heavy atom. The van der Waals surface area contributed by atoms with Gasteiger partial charge in [-0.2, -0.15) is 0 Å². The lowest BCUT2D eigenvalue weighted by molar-refractivity contribution is 0.0498. The molecule has 158 valence electrons. The van der Waals surface area contributed by atoms with Gasteiger partial charge in [0.15, 0.2) is 0 Å². The van der Waals surface area contributed by atoms with Gasteiger partial charge in [-0.05, 0) is 61.6 Å². The molecule has 0 atom stereocenters. The molecule has 28 heavy (non-hydrogen) atoms. The molecule has 0 amide bonds. The summed E-state index contributed by atoms with van der Waals surface area (Å²) in [7, 11) is 0. The Kier molecular flexibility index (Phi) is 11.3. The number of hydrogen-bond donors (Lipinski definition) is 0. The summed E-state index contributed by atoms with van der Waals surface area (Å²) in [4.78, 5) is 12.1. The lowest BCUT2D eigenvalue weighted by Gasteiger charge is -2.29. The molecule has 0 aromatic heterocycles. The highest BCUT2D eigenvalue weighted by molar-refractivity contribution is 5.89. The molecule has 0 aliphatic heterocycles. The standard InChI is InChI=1S/C26H42O2/c1-3-5-7-8-9-10-12-22-13-15-23(16-14-22)24-17-19-25(20-18-24)26(27)28-21-11-6-4-2/h17-20,22-23H,3-16,21H2,1-2H3/t22-,23-. The Morgan fingerprint density at radius 3 is 2.11 bits per heavy atom. The van der Waals surface area contributed by atoms with Crippen molar-refractivity contribution < 1.29 is 9.53 Å². The Hall–Kier alpha value is -1.31. The highest BCUT2D eigenvalue weighted by Crippen LogP contribution is 2.37. The Balaban J connectivity index is 1.66. The zero-order valence-corrected chi connectivity index (χ0v) is 18.4. The van der Waals surface area contributed by atoms with Crippen molar-refractivity contribution >= 4 is 5.97 Å². The third-order valence-electron chi connectivity index (χ3n) is 6.41. The van der Waals surface area contributed by atoms with E-state index in [9.17, 15) is 4.79 Å². The maximum atomic E-state index is 12.1. The molecule has 2 rings (SSSR count). The van der Waals surface area contributed by atoms with Crippen LogP contribution in [0.3, 0.4) is 0 Å². The highest BCUT2D eigenvalue weighted by atomic mass is 16.5. The van der Waals surface area contributed by atoms with E-state index in [0.29, 0.717) is 18.1 Å². The number of hydrogen-bond acceptors (Lipinski definition) is 2. The van der Waals surface area contributed by atoms with E-state index in [4.69, 9.17) is 4.74 Å². The van der Waals surface area contributed by atoms with Gasteiger partial charge in [-0.25, -0.2) is 4.79 Å². The Morgan fingerprint density at radius 1 is 0.821 bits per heavy atom. The first kappa shape index (κ1) is 23.0. The van der Waals surface area contributed by atoms with Crippen molar-refractivity contribution in [2.75, 3.05) is 6.61 Å². The van der Waals surface area contributed by atoms with Crippen molar-refractivity contribution in [2.24, 2.45) is 5.92 Å². The number of ether oxygens (including phenoxy) is 1. The zero-order chi connectivity index (χ0) is 20.0. The smallest absolute Gasteiger partial charge is 0.338 e. The van der Waals surface area contributed by atoms with E-state index in [1.165, 1.54) is 76.2 Å².